The van der Waals surface area contributed by atoms with E-state index in [1.54, 1.807) is 7.11 Å². The smallest absolute Gasteiger partial charge is 0.123 e. The Kier molecular flexibility index (Phi) is 7.42. The highest BCUT2D eigenvalue weighted by Gasteiger charge is 2.11. The summed E-state index contributed by atoms with van der Waals surface area (Å²) in [4.78, 5) is 0. The first kappa shape index (κ1) is 16.5. The molecule has 1 N–H and O–H groups in total. The summed E-state index contributed by atoms with van der Waals surface area (Å²) >= 11 is 3.51. The van der Waals surface area contributed by atoms with Crippen LogP contribution in [0.5, 0.6) is 5.75 Å². The van der Waals surface area contributed by atoms with Crippen molar-refractivity contribution in [2.24, 2.45) is 0 Å². The second-order valence-corrected chi connectivity index (χ2v) is 5.88. The fourth-order valence-electron chi connectivity index (χ4n) is 1.82. The summed E-state index contributed by atoms with van der Waals surface area (Å²) in [6.45, 7) is 8.82. The number of hydrogen-bond acceptors (Lipinski definition) is 3. The summed E-state index contributed by atoms with van der Waals surface area (Å²) in [7, 11) is 1.71. The van der Waals surface area contributed by atoms with Crippen molar-refractivity contribution in [3.05, 3.63) is 28.2 Å². The third kappa shape index (κ3) is 5.93. The second-order valence-electron chi connectivity index (χ2n) is 4.96. The SMILES string of the molecule is COCCNCC(C)Oc1ccc(Br)cc1C(C)C. The molecule has 0 saturated carbocycles. The molecule has 0 aliphatic heterocycles. The van der Waals surface area contributed by atoms with Gasteiger partial charge in [0.15, 0.2) is 0 Å². The highest BCUT2D eigenvalue weighted by Crippen LogP contribution is 2.30. The van der Waals surface area contributed by atoms with Crippen LogP contribution >= 0.6 is 15.9 Å². The molecule has 1 rings (SSSR count). The number of halogens is 1. The predicted molar refractivity (Wildman–Crippen MR) is 83.1 cm³/mol. The monoisotopic (exact) mass is 329 g/mol. The lowest BCUT2D eigenvalue weighted by Crippen LogP contribution is -2.31. The average Bonchev–Trinajstić information content (AvgIpc) is 2.36. The lowest BCUT2D eigenvalue weighted by atomic mass is 10.0. The van der Waals surface area contributed by atoms with Crippen molar-refractivity contribution in [3.8, 4) is 5.75 Å². The van der Waals surface area contributed by atoms with Crippen LogP contribution in [0.4, 0.5) is 0 Å². The average molecular weight is 330 g/mol. The molecule has 108 valence electrons. The van der Waals surface area contributed by atoms with E-state index in [1.165, 1.54) is 5.56 Å². The van der Waals surface area contributed by atoms with Crippen LogP contribution in [0.1, 0.15) is 32.3 Å². The molecule has 1 atom stereocenters. The lowest BCUT2D eigenvalue weighted by Gasteiger charge is -2.19. The maximum Gasteiger partial charge on any atom is 0.123 e. The highest BCUT2D eigenvalue weighted by atomic mass is 79.9. The molecule has 19 heavy (non-hydrogen) atoms. The molecule has 0 radical (unpaired) electrons. The first-order valence-corrected chi connectivity index (χ1v) is 7.49. The largest absolute Gasteiger partial charge is 0.489 e. The van der Waals surface area contributed by atoms with E-state index in [4.69, 9.17) is 9.47 Å². The van der Waals surface area contributed by atoms with E-state index in [0.29, 0.717) is 5.92 Å². The minimum atomic E-state index is 0.135. The number of benzene rings is 1. The maximum atomic E-state index is 6.02. The van der Waals surface area contributed by atoms with Crippen molar-refractivity contribution in [2.75, 3.05) is 26.8 Å². The molecule has 0 bridgehead atoms. The van der Waals surface area contributed by atoms with Gasteiger partial charge in [-0.1, -0.05) is 29.8 Å². The Balaban J connectivity index is 2.56. The van der Waals surface area contributed by atoms with Crippen molar-refractivity contribution >= 4 is 15.9 Å². The predicted octanol–water partition coefficient (Wildman–Crippen LogP) is 3.58. The zero-order valence-electron chi connectivity index (χ0n) is 12.2. The van der Waals surface area contributed by atoms with E-state index in [9.17, 15) is 0 Å². The molecule has 0 spiro atoms. The van der Waals surface area contributed by atoms with Gasteiger partial charge in [0.2, 0.25) is 0 Å². The topological polar surface area (TPSA) is 30.5 Å². The molecule has 3 nitrogen and oxygen atoms in total. The normalized spacial score (nSPS) is 12.7. The van der Waals surface area contributed by atoms with Crippen LogP contribution in [0.3, 0.4) is 0 Å². The summed E-state index contributed by atoms with van der Waals surface area (Å²) in [6, 6.07) is 6.18. The number of nitrogens with one attached hydrogen (secondary N) is 1. The minimum absolute atomic E-state index is 0.135. The van der Waals surface area contributed by atoms with E-state index < -0.39 is 0 Å². The third-order valence-corrected chi connectivity index (χ3v) is 3.33. The fourth-order valence-corrected chi connectivity index (χ4v) is 2.19. The Hall–Kier alpha value is -0.580. The Morgan fingerprint density at radius 1 is 1.26 bits per heavy atom. The number of ether oxygens (including phenoxy) is 2. The Morgan fingerprint density at radius 3 is 2.63 bits per heavy atom. The van der Waals surface area contributed by atoms with Crippen LogP contribution in [-0.2, 0) is 4.74 Å². The van der Waals surface area contributed by atoms with Gasteiger partial charge in [0.05, 0.1) is 6.61 Å². The van der Waals surface area contributed by atoms with E-state index in [-0.39, 0.29) is 6.10 Å². The molecule has 0 aromatic heterocycles. The van der Waals surface area contributed by atoms with E-state index in [1.807, 2.05) is 12.1 Å². The van der Waals surface area contributed by atoms with Crippen molar-refractivity contribution in [3.63, 3.8) is 0 Å². The molecule has 0 fully saturated rings. The van der Waals surface area contributed by atoms with Gasteiger partial charge in [0.25, 0.3) is 0 Å². The molecule has 0 aliphatic carbocycles. The number of hydrogen-bond donors (Lipinski definition) is 1. The lowest BCUT2D eigenvalue weighted by molar-refractivity contribution is 0.183. The Bertz CT molecular complexity index is 382. The van der Waals surface area contributed by atoms with Crippen LogP contribution in [-0.4, -0.2) is 32.9 Å². The van der Waals surface area contributed by atoms with Crippen LogP contribution in [0.2, 0.25) is 0 Å². The highest BCUT2D eigenvalue weighted by molar-refractivity contribution is 9.10. The van der Waals surface area contributed by atoms with Crippen molar-refractivity contribution in [1.82, 2.24) is 5.32 Å². The number of methoxy groups -OCH3 is 1. The zero-order chi connectivity index (χ0) is 14.3. The van der Waals surface area contributed by atoms with Crippen LogP contribution < -0.4 is 10.1 Å². The molecule has 4 heteroatoms. The van der Waals surface area contributed by atoms with Gasteiger partial charge in [-0.25, -0.2) is 0 Å². The molecule has 0 heterocycles. The third-order valence-electron chi connectivity index (χ3n) is 2.84. The van der Waals surface area contributed by atoms with Crippen LogP contribution in [0.25, 0.3) is 0 Å². The quantitative estimate of drug-likeness (QED) is 0.739. The fraction of sp³-hybridized carbons (Fsp3) is 0.600. The summed E-state index contributed by atoms with van der Waals surface area (Å²) in [5, 5.41) is 3.31. The first-order valence-electron chi connectivity index (χ1n) is 6.70. The van der Waals surface area contributed by atoms with Gasteiger partial charge in [-0.05, 0) is 36.6 Å². The Morgan fingerprint density at radius 2 is 2.00 bits per heavy atom. The molecular formula is C15H24BrNO2. The van der Waals surface area contributed by atoms with Crippen molar-refractivity contribution in [2.45, 2.75) is 32.8 Å². The van der Waals surface area contributed by atoms with E-state index in [0.717, 1.165) is 29.9 Å². The van der Waals surface area contributed by atoms with Gasteiger partial charge in [-0.3, -0.25) is 0 Å². The van der Waals surface area contributed by atoms with Crippen LogP contribution in [0, 0.1) is 0 Å². The van der Waals surface area contributed by atoms with Crippen LogP contribution in [0.15, 0.2) is 22.7 Å². The van der Waals surface area contributed by atoms with Gasteiger partial charge in [0.1, 0.15) is 11.9 Å². The second kappa shape index (κ2) is 8.56. The van der Waals surface area contributed by atoms with Gasteiger partial charge in [-0.2, -0.15) is 0 Å². The van der Waals surface area contributed by atoms with Gasteiger partial charge in [-0.15, -0.1) is 0 Å². The molecule has 1 aromatic carbocycles. The minimum Gasteiger partial charge on any atom is -0.489 e. The van der Waals surface area contributed by atoms with Gasteiger partial charge in [0, 0.05) is 24.7 Å². The van der Waals surface area contributed by atoms with Crippen molar-refractivity contribution in [1.29, 1.82) is 0 Å². The molecule has 0 saturated heterocycles. The molecule has 0 aliphatic rings. The van der Waals surface area contributed by atoms with E-state index >= 15 is 0 Å². The zero-order valence-corrected chi connectivity index (χ0v) is 13.8. The van der Waals surface area contributed by atoms with Crippen molar-refractivity contribution < 1.29 is 9.47 Å². The van der Waals surface area contributed by atoms with E-state index in [2.05, 4.69) is 48.1 Å². The Labute approximate surface area is 124 Å². The summed E-state index contributed by atoms with van der Waals surface area (Å²) in [5.74, 6) is 1.42. The maximum absolute atomic E-state index is 6.02. The standard InChI is InChI=1S/C15H24BrNO2/c1-11(2)14-9-13(16)5-6-15(14)19-12(3)10-17-7-8-18-4/h5-6,9,11-12,17H,7-8,10H2,1-4H3. The summed E-state index contributed by atoms with van der Waals surface area (Å²) < 4.78 is 12.1. The van der Waals surface area contributed by atoms with Gasteiger partial charge < -0.3 is 14.8 Å². The first-order chi connectivity index (χ1) is 9.04. The summed E-state index contributed by atoms with van der Waals surface area (Å²) in [5.41, 5.74) is 1.23. The van der Waals surface area contributed by atoms with Gasteiger partial charge >= 0.3 is 0 Å². The molecule has 1 aromatic rings. The summed E-state index contributed by atoms with van der Waals surface area (Å²) in [6.07, 6.45) is 0.135. The molecular weight excluding hydrogens is 306 g/mol. The number of rotatable bonds is 8. The molecule has 1 unspecified atom stereocenters. The molecule has 0 amide bonds.